The molecule has 0 spiro atoms. The largest absolute Gasteiger partial charge is 0.481 e. The number of rotatable bonds is 6. The molecule has 1 aromatic heterocycles. The van der Waals surface area contributed by atoms with Crippen molar-refractivity contribution in [2.45, 2.75) is 31.8 Å². The van der Waals surface area contributed by atoms with Gasteiger partial charge >= 0.3 is 12.0 Å². The predicted octanol–water partition coefficient (Wildman–Crippen LogP) is 0.199. The van der Waals surface area contributed by atoms with Crippen LogP contribution in [0.25, 0.3) is 0 Å². The molecule has 1 atom stereocenters. The lowest BCUT2D eigenvalue weighted by Gasteiger charge is -2.21. The highest BCUT2D eigenvalue weighted by Crippen LogP contribution is 2.34. The number of aromatic nitrogens is 3. The first-order chi connectivity index (χ1) is 9.06. The number of nitrogens with zero attached hydrogens (tertiary/aromatic N) is 3. The van der Waals surface area contributed by atoms with Crippen LogP contribution in [-0.2, 0) is 11.3 Å². The van der Waals surface area contributed by atoms with E-state index in [9.17, 15) is 9.59 Å². The second-order valence-electron chi connectivity index (χ2n) is 4.78. The SMILES string of the molecule is CN(Cc1ncn[nH]1)C(=O)NC(CC(=O)O)C1CC1. The highest BCUT2D eigenvalue weighted by Gasteiger charge is 2.34. The fourth-order valence-corrected chi connectivity index (χ4v) is 1.89. The van der Waals surface area contributed by atoms with Gasteiger partial charge in [-0.3, -0.25) is 9.89 Å². The van der Waals surface area contributed by atoms with E-state index >= 15 is 0 Å². The minimum Gasteiger partial charge on any atom is -0.481 e. The monoisotopic (exact) mass is 267 g/mol. The first-order valence-corrected chi connectivity index (χ1v) is 6.14. The highest BCUT2D eigenvalue weighted by atomic mass is 16.4. The maximum atomic E-state index is 12.0. The lowest BCUT2D eigenvalue weighted by molar-refractivity contribution is -0.137. The molecule has 1 fully saturated rings. The molecule has 2 amide bonds. The van der Waals surface area contributed by atoms with Gasteiger partial charge in [-0.2, -0.15) is 5.10 Å². The Morgan fingerprint density at radius 1 is 1.63 bits per heavy atom. The van der Waals surface area contributed by atoms with Crippen LogP contribution in [0.4, 0.5) is 4.79 Å². The summed E-state index contributed by atoms with van der Waals surface area (Å²) in [4.78, 5) is 28.1. The predicted molar refractivity (Wildman–Crippen MR) is 65.1 cm³/mol. The van der Waals surface area contributed by atoms with E-state index in [4.69, 9.17) is 5.11 Å². The lowest BCUT2D eigenvalue weighted by Crippen LogP contribution is -2.44. The third-order valence-electron chi connectivity index (χ3n) is 3.09. The van der Waals surface area contributed by atoms with Gasteiger partial charge in [0.2, 0.25) is 0 Å². The number of H-pyrrole nitrogens is 1. The summed E-state index contributed by atoms with van der Waals surface area (Å²) in [7, 11) is 1.63. The van der Waals surface area contributed by atoms with E-state index in [0.717, 1.165) is 12.8 Å². The van der Waals surface area contributed by atoms with E-state index in [1.54, 1.807) is 7.05 Å². The van der Waals surface area contributed by atoms with E-state index < -0.39 is 5.97 Å². The number of aliphatic carboxylic acids is 1. The topological polar surface area (TPSA) is 111 Å². The average molecular weight is 267 g/mol. The Kier molecular flexibility index (Phi) is 3.98. The molecule has 0 bridgehead atoms. The smallest absolute Gasteiger partial charge is 0.317 e. The Morgan fingerprint density at radius 3 is 2.89 bits per heavy atom. The van der Waals surface area contributed by atoms with E-state index in [1.165, 1.54) is 11.2 Å². The molecule has 19 heavy (non-hydrogen) atoms. The summed E-state index contributed by atoms with van der Waals surface area (Å²) in [5.74, 6) is -0.0207. The Morgan fingerprint density at radius 2 is 2.37 bits per heavy atom. The molecule has 104 valence electrons. The van der Waals surface area contributed by atoms with Crippen molar-refractivity contribution < 1.29 is 14.7 Å². The number of carbonyl (C=O) groups is 2. The summed E-state index contributed by atoms with van der Waals surface area (Å²) >= 11 is 0. The number of carboxylic acid groups (broad SMARTS) is 1. The second kappa shape index (κ2) is 5.68. The first kappa shape index (κ1) is 13.3. The van der Waals surface area contributed by atoms with Gasteiger partial charge in [0, 0.05) is 13.1 Å². The van der Waals surface area contributed by atoms with Crippen LogP contribution in [0.2, 0.25) is 0 Å². The van der Waals surface area contributed by atoms with Crippen molar-refractivity contribution in [3.63, 3.8) is 0 Å². The minimum atomic E-state index is -0.893. The third kappa shape index (κ3) is 3.94. The van der Waals surface area contributed by atoms with Crippen molar-refractivity contribution in [3.8, 4) is 0 Å². The molecule has 0 aromatic carbocycles. The molecule has 0 saturated heterocycles. The Hall–Kier alpha value is -2.12. The Balaban J connectivity index is 1.85. The summed E-state index contributed by atoms with van der Waals surface area (Å²) in [5.41, 5.74) is 0. The van der Waals surface area contributed by atoms with Crippen LogP contribution in [0.3, 0.4) is 0 Å². The van der Waals surface area contributed by atoms with Crippen LogP contribution in [0.5, 0.6) is 0 Å². The summed E-state index contributed by atoms with van der Waals surface area (Å²) < 4.78 is 0. The van der Waals surface area contributed by atoms with Crippen molar-refractivity contribution in [1.29, 1.82) is 0 Å². The van der Waals surface area contributed by atoms with Crippen LogP contribution in [0.1, 0.15) is 25.1 Å². The molecule has 1 unspecified atom stereocenters. The van der Waals surface area contributed by atoms with Crippen LogP contribution < -0.4 is 5.32 Å². The van der Waals surface area contributed by atoms with Gasteiger partial charge in [-0.25, -0.2) is 9.78 Å². The van der Waals surface area contributed by atoms with E-state index in [1.807, 2.05) is 0 Å². The van der Waals surface area contributed by atoms with Gasteiger partial charge in [-0.15, -0.1) is 0 Å². The number of carboxylic acids is 1. The van der Waals surface area contributed by atoms with Crippen LogP contribution in [0.15, 0.2) is 6.33 Å². The maximum absolute atomic E-state index is 12.0. The second-order valence-corrected chi connectivity index (χ2v) is 4.78. The van der Waals surface area contributed by atoms with Crippen LogP contribution in [-0.4, -0.2) is 50.3 Å². The van der Waals surface area contributed by atoms with Gasteiger partial charge in [0.25, 0.3) is 0 Å². The van der Waals surface area contributed by atoms with Crippen molar-refractivity contribution in [3.05, 3.63) is 12.2 Å². The summed E-state index contributed by atoms with van der Waals surface area (Å²) in [6.07, 6.45) is 3.29. The van der Waals surface area contributed by atoms with E-state index in [0.29, 0.717) is 18.3 Å². The number of nitrogens with one attached hydrogen (secondary N) is 2. The number of hydrogen-bond donors (Lipinski definition) is 3. The first-order valence-electron chi connectivity index (χ1n) is 6.14. The number of urea groups is 1. The van der Waals surface area contributed by atoms with Crippen molar-refractivity contribution in [2.75, 3.05) is 7.05 Å². The van der Waals surface area contributed by atoms with Gasteiger partial charge in [0.1, 0.15) is 12.2 Å². The zero-order chi connectivity index (χ0) is 13.8. The molecule has 3 N–H and O–H groups in total. The molecule has 8 nitrogen and oxygen atoms in total. The quantitative estimate of drug-likeness (QED) is 0.681. The Bertz CT molecular complexity index is 443. The molecule has 1 saturated carbocycles. The van der Waals surface area contributed by atoms with Gasteiger partial charge in [-0.05, 0) is 18.8 Å². The molecular weight excluding hydrogens is 250 g/mol. The van der Waals surface area contributed by atoms with Gasteiger partial charge < -0.3 is 15.3 Å². The van der Waals surface area contributed by atoms with Gasteiger partial charge in [0.15, 0.2) is 0 Å². The zero-order valence-corrected chi connectivity index (χ0v) is 10.7. The van der Waals surface area contributed by atoms with Crippen LogP contribution in [0, 0.1) is 5.92 Å². The molecule has 1 aliphatic rings. The molecule has 1 heterocycles. The Labute approximate surface area is 110 Å². The van der Waals surface area contributed by atoms with Crippen molar-refractivity contribution in [2.24, 2.45) is 5.92 Å². The third-order valence-corrected chi connectivity index (χ3v) is 3.09. The molecule has 1 aromatic rings. The standard InChI is InChI=1S/C11H17N5O3/c1-16(5-9-12-6-13-15-9)11(19)14-8(4-10(17)18)7-2-3-7/h6-8H,2-5H2,1H3,(H,14,19)(H,17,18)(H,12,13,15). The number of carbonyl (C=O) groups excluding carboxylic acids is 1. The average Bonchev–Trinajstić information content (AvgIpc) is 3.07. The fraction of sp³-hybridized carbons (Fsp3) is 0.636. The van der Waals surface area contributed by atoms with E-state index in [-0.39, 0.29) is 18.5 Å². The number of hydrogen-bond acceptors (Lipinski definition) is 4. The molecule has 1 aliphatic carbocycles. The summed E-state index contributed by atoms with van der Waals surface area (Å²) in [5, 5.41) is 18.0. The lowest BCUT2D eigenvalue weighted by atomic mass is 10.1. The maximum Gasteiger partial charge on any atom is 0.317 e. The normalized spacial score (nSPS) is 15.8. The minimum absolute atomic E-state index is 0.0352. The van der Waals surface area contributed by atoms with Crippen LogP contribution >= 0.6 is 0 Å². The van der Waals surface area contributed by atoms with Gasteiger partial charge in [0.05, 0.1) is 13.0 Å². The fourth-order valence-electron chi connectivity index (χ4n) is 1.89. The summed E-state index contributed by atoms with van der Waals surface area (Å²) in [6.45, 7) is 0.302. The summed E-state index contributed by atoms with van der Waals surface area (Å²) in [6, 6.07) is -0.586. The molecule has 8 heteroatoms. The molecule has 0 radical (unpaired) electrons. The van der Waals surface area contributed by atoms with Gasteiger partial charge in [-0.1, -0.05) is 0 Å². The molecule has 2 rings (SSSR count). The molecular formula is C11H17N5O3. The molecule has 0 aliphatic heterocycles. The van der Waals surface area contributed by atoms with Crippen molar-refractivity contribution in [1.82, 2.24) is 25.4 Å². The zero-order valence-electron chi connectivity index (χ0n) is 10.7. The number of aromatic amines is 1. The number of amides is 2. The van der Waals surface area contributed by atoms with E-state index in [2.05, 4.69) is 20.5 Å². The highest BCUT2D eigenvalue weighted by molar-refractivity contribution is 5.75. The van der Waals surface area contributed by atoms with Crippen molar-refractivity contribution >= 4 is 12.0 Å².